The normalized spacial score (nSPS) is 14.4. The van der Waals surface area contributed by atoms with E-state index in [0.29, 0.717) is 6.54 Å². The Morgan fingerprint density at radius 1 is 1.00 bits per heavy atom. The average molecular weight is 289 g/mol. The van der Waals surface area contributed by atoms with E-state index in [2.05, 4.69) is 43.3 Å². The molecule has 1 aliphatic rings. The van der Waals surface area contributed by atoms with Crippen LogP contribution in [0.4, 0.5) is 0 Å². The predicted molar refractivity (Wildman–Crippen MR) is 91.0 cm³/mol. The van der Waals surface area contributed by atoms with Gasteiger partial charge in [-0.2, -0.15) is 0 Å². The number of nitrogens with zero attached hydrogens (tertiary/aromatic N) is 1. The van der Waals surface area contributed by atoms with Gasteiger partial charge < -0.3 is 4.90 Å². The zero-order chi connectivity index (χ0) is 15.5. The molecule has 0 bridgehead atoms. The van der Waals surface area contributed by atoms with Gasteiger partial charge in [0.25, 0.3) is 0 Å². The molecule has 0 radical (unpaired) electrons. The van der Waals surface area contributed by atoms with Gasteiger partial charge in [0.05, 0.1) is 5.70 Å². The Morgan fingerprint density at radius 2 is 1.73 bits per heavy atom. The third kappa shape index (κ3) is 2.86. The van der Waals surface area contributed by atoms with E-state index in [1.807, 2.05) is 35.2 Å². The second kappa shape index (κ2) is 6.02. The van der Waals surface area contributed by atoms with Crippen LogP contribution in [-0.4, -0.2) is 17.4 Å². The smallest absolute Gasteiger partial charge is 0.224 e. The molecule has 110 valence electrons. The fraction of sp³-hybridized carbons (Fsp3) is 0.150. The highest BCUT2D eigenvalue weighted by Crippen LogP contribution is 2.29. The van der Waals surface area contributed by atoms with E-state index >= 15 is 0 Å². The van der Waals surface area contributed by atoms with Crippen LogP contribution in [0.5, 0.6) is 0 Å². The molecule has 1 aliphatic heterocycles. The predicted octanol–water partition coefficient (Wildman–Crippen LogP) is 4.28. The molecule has 0 aliphatic carbocycles. The first-order chi connectivity index (χ1) is 10.6. The topological polar surface area (TPSA) is 20.3 Å². The summed E-state index contributed by atoms with van der Waals surface area (Å²) in [5.74, 6) is 0.0645. The molecular weight excluding hydrogens is 270 g/mol. The van der Waals surface area contributed by atoms with Gasteiger partial charge in [-0.15, -0.1) is 0 Å². The summed E-state index contributed by atoms with van der Waals surface area (Å²) in [6.07, 6.45) is 4.22. The summed E-state index contributed by atoms with van der Waals surface area (Å²) in [4.78, 5) is 13.7. The van der Waals surface area contributed by atoms with Crippen molar-refractivity contribution in [3.8, 4) is 0 Å². The summed E-state index contributed by atoms with van der Waals surface area (Å²) < 4.78 is 0. The Labute approximate surface area is 131 Å². The zero-order valence-electron chi connectivity index (χ0n) is 12.9. The molecule has 0 atom stereocenters. The second-order valence-corrected chi connectivity index (χ2v) is 5.55. The SMILES string of the molecule is CC(=O)N1CC=C(c2cccc(C)c2)C=C1c1ccccc1. The third-order valence-electron chi connectivity index (χ3n) is 3.88. The largest absolute Gasteiger partial charge is 0.308 e. The van der Waals surface area contributed by atoms with Crippen molar-refractivity contribution in [3.63, 3.8) is 0 Å². The molecule has 0 aromatic heterocycles. The van der Waals surface area contributed by atoms with E-state index in [-0.39, 0.29) is 5.91 Å². The molecule has 2 aromatic carbocycles. The lowest BCUT2D eigenvalue weighted by atomic mass is 9.97. The number of rotatable bonds is 2. The molecule has 2 heteroatoms. The van der Waals surface area contributed by atoms with Crippen LogP contribution in [0.3, 0.4) is 0 Å². The van der Waals surface area contributed by atoms with Crippen molar-refractivity contribution in [2.45, 2.75) is 13.8 Å². The zero-order valence-corrected chi connectivity index (χ0v) is 12.9. The molecule has 2 nitrogen and oxygen atoms in total. The highest BCUT2D eigenvalue weighted by atomic mass is 16.2. The molecule has 1 heterocycles. The Morgan fingerprint density at radius 3 is 2.41 bits per heavy atom. The minimum Gasteiger partial charge on any atom is -0.308 e. The molecule has 0 spiro atoms. The van der Waals surface area contributed by atoms with Crippen LogP contribution in [-0.2, 0) is 4.79 Å². The fourth-order valence-electron chi connectivity index (χ4n) is 2.74. The van der Waals surface area contributed by atoms with Crippen LogP contribution in [0.2, 0.25) is 0 Å². The van der Waals surface area contributed by atoms with Crippen LogP contribution in [0.1, 0.15) is 23.6 Å². The van der Waals surface area contributed by atoms with Gasteiger partial charge in [-0.05, 0) is 29.7 Å². The van der Waals surface area contributed by atoms with Gasteiger partial charge >= 0.3 is 0 Å². The molecular formula is C20H19NO. The van der Waals surface area contributed by atoms with E-state index in [9.17, 15) is 4.79 Å². The number of aryl methyl sites for hydroxylation is 1. The maximum atomic E-state index is 11.9. The van der Waals surface area contributed by atoms with E-state index in [4.69, 9.17) is 0 Å². The number of carbonyl (C=O) groups is 1. The quantitative estimate of drug-likeness (QED) is 0.808. The highest BCUT2D eigenvalue weighted by Gasteiger charge is 2.19. The van der Waals surface area contributed by atoms with E-state index in [0.717, 1.165) is 11.3 Å². The Bertz CT molecular complexity index is 756. The number of carbonyl (C=O) groups excluding carboxylic acids is 1. The van der Waals surface area contributed by atoms with E-state index in [1.165, 1.54) is 16.7 Å². The Hall–Kier alpha value is -2.61. The first-order valence-electron chi connectivity index (χ1n) is 7.47. The van der Waals surface area contributed by atoms with Crippen molar-refractivity contribution in [1.82, 2.24) is 4.90 Å². The molecule has 0 unspecified atom stereocenters. The average Bonchev–Trinajstić information content (AvgIpc) is 2.55. The standard InChI is InChI=1S/C20H19NO/c1-15-7-6-10-18(13-15)19-11-12-21(16(2)22)20(14-19)17-8-4-3-5-9-17/h3-11,13-14H,12H2,1-2H3. The lowest BCUT2D eigenvalue weighted by Gasteiger charge is -2.27. The van der Waals surface area contributed by atoms with Crippen molar-refractivity contribution < 1.29 is 4.79 Å². The fourth-order valence-corrected chi connectivity index (χ4v) is 2.74. The molecule has 2 aromatic rings. The minimum absolute atomic E-state index is 0.0645. The molecule has 0 saturated heterocycles. The van der Waals surface area contributed by atoms with Crippen LogP contribution in [0, 0.1) is 6.92 Å². The monoisotopic (exact) mass is 289 g/mol. The van der Waals surface area contributed by atoms with Crippen LogP contribution >= 0.6 is 0 Å². The van der Waals surface area contributed by atoms with Crippen molar-refractivity contribution in [1.29, 1.82) is 0 Å². The van der Waals surface area contributed by atoms with Crippen molar-refractivity contribution in [2.24, 2.45) is 0 Å². The first-order valence-corrected chi connectivity index (χ1v) is 7.47. The van der Waals surface area contributed by atoms with Gasteiger partial charge in [0.15, 0.2) is 0 Å². The van der Waals surface area contributed by atoms with Gasteiger partial charge in [0, 0.05) is 13.5 Å². The van der Waals surface area contributed by atoms with Crippen molar-refractivity contribution >= 4 is 17.2 Å². The molecule has 0 fully saturated rings. The summed E-state index contributed by atoms with van der Waals surface area (Å²) in [5.41, 5.74) is 5.63. The molecule has 22 heavy (non-hydrogen) atoms. The van der Waals surface area contributed by atoms with E-state index in [1.54, 1.807) is 6.92 Å². The molecule has 0 N–H and O–H groups in total. The maximum absolute atomic E-state index is 11.9. The van der Waals surface area contributed by atoms with Crippen molar-refractivity contribution in [2.75, 3.05) is 6.54 Å². The second-order valence-electron chi connectivity index (χ2n) is 5.55. The van der Waals surface area contributed by atoms with Gasteiger partial charge in [0.1, 0.15) is 0 Å². The lowest BCUT2D eigenvalue weighted by Crippen LogP contribution is -2.29. The summed E-state index contributed by atoms with van der Waals surface area (Å²) >= 11 is 0. The highest BCUT2D eigenvalue weighted by molar-refractivity contribution is 5.93. The summed E-state index contributed by atoms with van der Waals surface area (Å²) in [6, 6.07) is 18.5. The first kappa shape index (κ1) is 14.3. The van der Waals surface area contributed by atoms with Gasteiger partial charge in [-0.25, -0.2) is 0 Å². The van der Waals surface area contributed by atoms with E-state index < -0.39 is 0 Å². The molecule has 1 amide bonds. The van der Waals surface area contributed by atoms with Crippen LogP contribution in [0.25, 0.3) is 11.3 Å². The summed E-state index contributed by atoms with van der Waals surface area (Å²) in [5, 5.41) is 0. The van der Waals surface area contributed by atoms with Crippen LogP contribution in [0.15, 0.2) is 66.7 Å². The number of amides is 1. The molecule has 0 saturated carbocycles. The lowest BCUT2D eigenvalue weighted by molar-refractivity contribution is -0.125. The Balaban J connectivity index is 2.05. The van der Waals surface area contributed by atoms with Gasteiger partial charge in [-0.1, -0.05) is 66.2 Å². The summed E-state index contributed by atoms with van der Waals surface area (Å²) in [6.45, 7) is 4.32. The minimum atomic E-state index is 0.0645. The number of allylic oxidation sites excluding steroid dienone is 2. The number of hydrogen-bond donors (Lipinski definition) is 0. The Kier molecular flexibility index (Phi) is 3.92. The third-order valence-corrected chi connectivity index (χ3v) is 3.88. The van der Waals surface area contributed by atoms with Crippen molar-refractivity contribution in [3.05, 3.63) is 83.4 Å². The van der Waals surface area contributed by atoms with Crippen LogP contribution < -0.4 is 0 Å². The number of benzene rings is 2. The molecule has 3 rings (SSSR count). The summed E-state index contributed by atoms with van der Waals surface area (Å²) in [7, 11) is 0. The maximum Gasteiger partial charge on any atom is 0.224 e. The van der Waals surface area contributed by atoms with Gasteiger partial charge in [-0.3, -0.25) is 4.79 Å². The number of hydrogen-bond acceptors (Lipinski definition) is 1. The van der Waals surface area contributed by atoms with Gasteiger partial charge in [0.2, 0.25) is 5.91 Å².